The van der Waals surface area contributed by atoms with E-state index in [1.165, 1.54) is 17.8 Å². The molecule has 26 heavy (non-hydrogen) atoms. The van der Waals surface area contributed by atoms with E-state index in [1.807, 2.05) is 12.1 Å². The fourth-order valence-corrected chi connectivity index (χ4v) is 2.54. The molecule has 6 nitrogen and oxygen atoms in total. The van der Waals surface area contributed by atoms with Crippen molar-refractivity contribution in [3.63, 3.8) is 0 Å². The molecule has 2 rings (SSSR count). The van der Waals surface area contributed by atoms with E-state index in [0.717, 1.165) is 23.7 Å². The minimum atomic E-state index is -0.897. The minimum absolute atomic E-state index is 0.0128. The molecule has 0 bridgehead atoms. The molecule has 0 aliphatic carbocycles. The highest BCUT2D eigenvalue weighted by molar-refractivity contribution is 9.10. The number of phenolic OH excluding ortho intramolecular Hbond substituents is 1. The second kappa shape index (κ2) is 9.72. The molecule has 2 aromatic carbocycles. The monoisotopic (exact) mass is 417 g/mol. The summed E-state index contributed by atoms with van der Waals surface area (Å²) in [5.74, 6) is -1.70. The van der Waals surface area contributed by atoms with Crippen LogP contribution in [0.1, 0.15) is 30.9 Å². The highest BCUT2D eigenvalue weighted by Crippen LogP contribution is 2.19. The molecule has 7 heteroatoms. The van der Waals surface area contributed by atoms with E-state index in [9.17, 15) is 14.7 Å². The van der Waals surface area contributed by atoms with Crippen LogP contribution in [0.4, 0.5) is 5.69 Å². The van der Waals surface area contributed by atoms with Gasteiger partial charge in [-0.2, -0.15) is 5.10 Å². The molecular weight excluding hydrogens is 398 g/mol. The molecule has 0 aliphatic heterocycles. The van der Waals surface area contributed by atoms with Gasteiger partial charge in [0.1, 0.15) is 5.75 Å². The topological polar surface area (TPSA) is 90.8 Å². The summed E-state index contributed by atoms with van der Waals surface area (Å²) in [6.07, 6.45) is 4.48. The molecule has 0 aromatic heterocycles. The highest BCUT2D eigenvalue weighted by Gasteiger charge is 2.12. The number of anilines is 1. The molecule has 136 valence electrons. The summed E-state index contributed by atoms with van der Waals surface area (Å²) < 4.78 is 0.753. The van der Waals surface area contributed by atoms with E-state index in [1.54, 1.807) is 24.3 Å². The van der Waals surface area contributed by atoms with Crippen LogP contribution < -0.4 is 10.7 Å². The first-order valence-corrected chi connectivity index (χ1v) is 9.00. The number of carbonyl (C=O) groups is 2. The van der Waals surface area contributed by atoms with Crippen LogP contribution in [0.5, 0.6) is 5.75 Å². The van der Waals surface area contributed by atoms with Crippen molar-refractivity contribution in [2.24, 2.45) is 5.10 Å². The van der Waals surface area contributed by atoms with Gasteiger partial charge in [0.2, 0.25) is 0 Å². The predicted molar refractivity (Wildman–Crippen MR) is 105 cm³/mol. The number of halogens is 1. The zero-order valence-corrected chi connectivity index (χ0v) is 15.9. The van der Waals surface area contributed by atoms with Gasteiger partial charge in [0.05, 0.1) is 6.21 Å². The maximum Gasteiger partial charge on any atom is 0.329 e. The number of aromatic hydroxyl groups is 1. The van der Waals surface area contributed by atoms with Crippen molar-refractivity contribution < 1.29 is 14.7 Å². The van der Waals surface area contributed by atoms with Gasteiger partial charge in [0, 0.05) is 15.7 Å². The van der Waals surface area contributed by atoms with Gasteiger partial charge in [0.15, 0.2) is 0 Å². The SMILES string of the molecule is CCCCc1ccc(NC(=O)C(=O)N/N=C\c2cc(Br)ccc2O)cc1. The molecule has 0 saturated carbocycles. The van der Waals surface area contributed by atoms with Crippen LogP contribution in [0.3, 0.4) is 0 Å². The van der Waals surface area contributed by atoms with Gasteiger partial charge < -0.3 is 10.4 Å². The van der Waals surface area contributed by atoms with Gasteiger partial charge in [-0.05, 0) is 48.7 Å². The highest BCUT2D eigenvalue weighted by atomic mass is 79.9. The molecule has 0 aliphatic rings. The summed E-state index contributed by atoms with van der Waals surface area (Å²) in [5, 5.41) is 15.9. The van der Waals surface area contributed by atoms with E-state index in [2.05, 4.69) is 38.7 Å². The maximum absolute atomic E-state index is 11.9. The number of unbranched alkanes of at least 4 members (excludes halogenated alkanes) is 1. The Labute approximate surface area is 160 Å². The Balaban J connectivity index is 1.88. The van der Waals surface area contributed by atoms with Crippen molar-refractivity contribution >= 4 is 39.6 Å². The molecule has 0 atom stereocenters. The molecule has 0 heterocycles. The van der Waals surface area contributed by atoms with E-state index in [4.69, 9.17) is 0 Å². The Kier molecular flexibility index (Phi) is 7.35. The first kappa shape index (κ1) is 19.7. The normalized spacial score (nSPS) is 10.7. The maximum atomic E-state index is 11.9. The summed E-state index contributed by atoms with van der Waals surface area (Å²) in [7, 11) is 0. The summed E-state index contributed by atoms with van der Waals surface area (Å²) in [4.78, 5) is 23.7. The minimum Gasteiger partial charge on any atom is -0.507 e. The van der Waals surface area contributed by atoms with Crippen LogP contribution in [0.2, 0.25) is 0 Å². The Morgan fingerprint density at radius 3 is 2.58 bits per heavy atom. The first-order chi connectivity index (χ1) is 12.5. The number of hydrazone groups is 1. The first-order valence-electron chi connectivity index (χ1n) is 8.21. The molecule has 2 aromatic rings. The van der Waals surface area contributed by atoms with Crippen LogP contribution in [0, 0.1) is 0 Å². The van der Waals surface area contributed by atoms with Crippen molar-refractivity contribution in [2.75, 3.05) is 5.32 Å². The number of hydrogen-bond acceptors (Lipinski definition) is 4. The zero-order valence-electron chi connectivity index (χ0n) is 14.3. The van der Waals surface area contributed by atoms with Gasteiger partial charge in [0.25, 0.3) is 0 Å². The van der Waals surface area contributed by atoms with E-state index >= 15 is 0 Å². The van der Waals surface area contributed by atoms with Crippen LogP contribution >= 0.6 is 15.9 Å². The molecule has 0 saturated heterocycles. The number of nitrogens with zero attached hydrogens (tertiary/aromatic N) is 1. The number of rotatable bonds is 6. The standard InChI is InChI=1S/C19H20BrN3O3/c1-2-3-4-13-5-8-16(9-6-13)22-18(25)19(26)23-21-12-14-11-15(20)7-10-17(14)24/h5-12,24H,2-4H2,1H3,(H,22,25)(H,23,26)/b21-12-. The average Bonchev–Trinajstić information content (AvgIpc) is 2.63. The van der Waals surface area contributed by atoms with Gasteiger partial charge in [-0.3, -0.25) is 9.59 Å². The third-order valence-electron chi connectivity index (χ3n) is 3.60. The lowest BCUT2D eigenvalue weighted by molar-refractivity contribution is -0.136. The average molecular weight is 418 g/mol. The molecule has 0 fully saturated rings. The fraction of sp³-hybridized carbons (Fsp3) is 0.211. The van der Waals surface area contributed by atoms with Gasteiger partial charge in [-0.15, -0.1) is 0 Å². The molecule has 3 N–H and O–H groups in total. The van der Waals surface area contributed by atoms with Crippen LogP contribution in [-0.4, -0.2) is 23.1 Å². The van der Waals surface area contributed by atoms with Crippen LogP contribution in [-0.2, 0) is 16.0 Å². The van der Waals surface area contributed by atoms with Crippen molar-refractivity contribution in [2.45, 2.75) is 26.2 Å². The van der Waals surface area contributed by atoms with Gasteiger partial charge in [-0.1, -0.05) is 41.4 Å². The van der Waals surface area contributed by atoms with Gasteiger partial charge in [-0.25, -0.2) is 5.43 Å². The third-order valence-corrected chi connectivity index (χ3v) is 4.09. The Bertz CT molecular complexity index is 804. The van der Waals surface area contributed by atoms with E-state index < -0.39 is 11.8 Å². The molecule has 0 spiro atoms. The van der Waals surface area contributed by atoms with Crippen LogP contribution in [0.25, 0.3) is 0 Å². The summed E-state index contributed by atoms with van der Waals surface area (Å²) in [6.45, 7) is 2.13. The third kappa shape index (κ3) is 6.00. The zero-order chi connectivity index (χ0) is 18.9. The van der Waals surface area contributed by atoms with Gasteiger partial charge >= 0.3 is 11.8 Å². The number of aryl methyl sites for hydroxylation is 1. The van der Waals surface area contributed by atoms with Crippen molar-refractivity contribution in [1.82, 2.24) is 5.43 Å². The second-order valence-corrected chi connectivity index (χ2v) is 6.57. The lowest BCUT2D eigenvalue weighted by Gasteiger charge is -2.05. The molecule has 0 radical (unpaired) electrons. The number of benzene rings is 2. The van der Waals surface area contributed by atoms with Crippen LogP contribution in [0.15, 0.2) is 52.0 Å². The number of nitrogens with one attached hydrogen (secondary N) is 2. The van der Waals surface area contributed by atoms with Crippen molar-refractivity contribution in [1.29, 1.82) is 0 Å². The predicted octanol–water partition coefficient (Wildman–Crippen LogP) is 3.59. The fourth-order valence-electron chi connectivity index (χ4n) is 2.16. The van der Waals surface area contributed by atoms with Crippen molar-refractivity contribution in [3.05, 3.63) is 58.1 Å². The molecule has 0 unspecified atom stereocenters. The lowest BCUT2D eigenvalue weighted by atomic mass is 10.1. The Hall–Kier alpha value is -2.67. The summed E-state index contributed by atoms with van der Waals surface area (Å²) >= 11 is 3.27. The number of carbonyl (C=O) groups excluding carboxylic acids is 2. The molecule has 2 amide bonds. The smallest absolute Gasteiger partial charge is 0.329 e. The second-order valence-electron chi connectivity index (χ2n) is 5.66. The largest absolute Gasteiger partial charge is 0.507 e. The number of hydrogen-bond donors (Lipinski definition) is 3. The Morgan fingerprint density at radius 2 is 1.88 bits per heavy atom. The summed E-state index contributed by atoms with van der Waals surface area (Å²) in [5.41, 5.74) is 4.26. The van der Waals surface area contributed by atoms with Crippen molar-refractivity contribution in [3.8, 4) is 5.75 Å². The Morgan fingerprint density at radius 1 is 1.15 bits per heavy atom. The summed E-state index contributed by atoms with van der Waals surface area (Å²) in [6, 6.07) is 12.2. The lowest BCUT2D eigenvalue weighted by Crippen LogP contribution is -2.32. The number of amides is 2. The quantitative estimate of drug-likeness (QED) is 0.381. The number of phenols is 1. The molecular formula is C19H20BrN3O3. The van der Waals surface area contributed by atoms with E-state index in [0.29, 0.717) is 11.3 Å². The van der Waals surface area contributed by atoms with E-state index in [-0.39, 0.29) is 5.75 Å².